The van der Waals surface area contributed by atoms with Crippen LogP contribution in [0.15, 0.2) is 0 Å². The van der Waals surface area contributed by atoms with Gasteiger partial charge < -0.3 is 11.5 Å². The third-order valence-electron chi connectivity index (χ3n) is 3.10. The first-order valence-corrected chi connectivity index (χ1v) is 7.08. The Bertz CT molecular complexity index is 265. The molecule has 0 aromatic heterocycles. The number of nitrogens with two attached hydrogens (primary N) is 2. The van der Waals surface area contributed by atoms with E-state index in [1.54, 1.807) is 0 Å². The highest BCUT2D eigenvalue weighted by Crippen LogP contribution is 2.37. The van der Waals surface area contributed by atoms with Gasteiger partial charge in [0.2, 0.25) is 11.8 Å². The van der Waals surface area contributed by atoms with Crippen LogP contribution >= 0.6 is 11.8 Å². The molecule has 0 aliphatic rings. The lowest BCUT2D eigenvalue weighted by Crippen LogP contribution is -2.43. The van der Waals surface area contributed by atoms with Crippen molar-refractivity contribution >= 4 is 23.6 Å². The molecule has 17 heavy (non-hydrogen) atoms. The number of carbonyl (C=O) groups is 2. The van der Waals surface area contributed by atoms with Crippen LogP contribution in [-0.4, -0.2) is 21.8 Å². The zero-order valence-corrected chi connectivity index (χ0v) is 11.8. The second-order valence-corrected chi connectivity index (χ2v) is 5.80. The van der Waals surface area contributed by atoms with Crippen LogP contribution in [-0.2, 0) is 9.59 Å². The smallest absolute Gasteiger partial charge is 0.233 e. The third-order valence-corrected chi connectivity index (χ3v) is 5.08. The molecule has 4 nitrogen and oxygen atoms in total. The number of unbranched alkanes of at least 4 members (excludes halogenated alkanes) is 1. The Kier molecular flexibility index (Phi) is 7.27. The molecule has 0 rings (SSSR count). The molecule has 0 aromatic carbocycles. The third kappa shape index (κ3) is 4.58. The van der Waals surface area contributed by atoms with Crippen molar-refractivity contribution in [3.8, 4) is 0 Å². The highest BCUT2D eigenvalue weighted by Gasteiger charge is 2.37. The first kappa shape index (κ1) is 16.3. The van der Waals surface area contributed by atoms with Crippen molar-refractivity contribution in [1.29, 1.82) is 0 Å². The van der Waals surface area contributed by atoms with E-state index in [0.29, 0.717) is 19.3 Å². The number of amides is 2. The summed E-state index contributed by atoms with van der Waals surface area (Å²) in [6, 6.07) is 0. The predicted octanol–water partition coefficient (Wildman–Crippen LogP) is 1.81. The van der Waals surface area contributed by atoms with Crippen LogP contribution in [0.5, 0.6) is 0 Å². The normalized spacial score (nSPS) is 13.4. The second-order valence-electron chi connectivity index (χ2n) is 4.22. The topological polar surface area (TPSA) is 86.2 Å². The van der Waals surface area contributed by atoms with E-state index in [-0.39, 0.29) is 17.1 Å². The molecular weight excluding hydrogens is 236 g/mol. The van der Waals surface area contributed by atoms with Gasteiger partial charge in [-0.3, -0.25) is 9.59 Å². The van der Waals surface area contributed by atoms with Gasteiger partial charge in [-0.2, -0.15) is 0 Å². The van der Waals surface area contributed by atoms with Gasteiger partial charge in [0.25, 0.3) is 0 Å². The molecule has 4 N–H and O–H groups in total. The molecule has 0 saturated carbocycles. The van der Waals surface area contributed by atoms with Crippen LogP contribution in [0.1, 0.15) is 52.9 Å². The molecule has 100 valence electrons. The summed E-state index contributed by atoms with van der Waals surface area (Å²) in [5.41, 5.74) is 10.8. The highest BCUT2D eigenvalue weighted by atomic mass is 32.2. The maximum Gasteiger partial charge on any atom is 0.233 e. The van der Waals surface area contributed by atoms with Crippen LogP contribution in [0, 0.1) is 0 Å². The Morgan fingerprint density at radius 1 is 1.18 bits per heavy atom. The maximum absolute atomic E-state index is 11.6. The minimum Gasteiger partial charge on any atom is -0.369 e. The lowest BCUT2D eigenvalue weighted by atomic mass is 10.0. The van der Waals surface area contributed by atoms with Gasteiger partial charge in [0, 0.05) is 0 Å². The first-order chi connectivity index (χ1) is 7.93. The van der Waals surface area contributed by atoms with Crippen molar-refractivity contribution in [2.75, 3.05) is 0 Å². The zero-order valence-electron chi connectivity index (χ0n) is 11.0. The zero-order chi connectivity index (χ0) is 13.5. The maximum atomic E-state index is 11.6. The average Bonchev–Trinajstić information content (AvgIpc) is 2.29. The van der Waals surface area contributed by atoms with Gasteiger partial charge in [-0.05, 0) is 19.3 Å². The van der Waals surface area contributed by atoms with Crippen LogP contribution in [0.2, 0.25) is 0 Å². The summed E-state index contributed by atoms with van der Waals surface area (Å²) in [7, 11) is 0. The van der Waals surface area contributed by atoms with Gasteiger partial charge in [-0.1, -0.05) is 33.6 Å². The van der Waals surface area contributed by atoms with E-state index in [1.807, 2.05) is 13.8 Å². The van der Waals surface area contributed by atoms with E-state index < -0.39 is 4.75 Å². The van der Waals surface area contributed by atoms with Crippen LogP contribution in [0.25, 0.3) is 0 Å². The average molecular weight is 260 g/mol. The fraction of sp³-hybridized carbons (Fsp3) is 0.833. The highest BCUT2D eigenvalue weighted by molar-refractivity contribution is 8.02. The van der Waals surface area contributed by atoms with E-state index in [4.69, 9.17) is 11.5 Å². The number of primary amides is 2. The van der Waals surface area contributed by atoms with Crippen LogP contribution < -0.4 is 11.5 Å². The molecule has 0 bridgehead atoms. The van der Waals surface area contributed by atoms with Crippen LogP contribution in [0.3, 0.4) is 0 Å². The van der Waals surface area contributed by atoms with E-state index in [1.165, 1.54) is 11.8 Å². The quantitative estimate of drug-likeness (QED) is 0.663. The Morgan fingerprint density at radius 2 is 1.71 bits per heavy atom. The van der Waals surface area contributed by atoms with E-state index in [2.05, 4.69) is 6.92 Å². The number of hydrogen-bond donors (Lipinski definition) is 2. The molecule has 0 spiro atoms. The van der Waals surface area contributed by atoms with Crippen molar-refractivity contribution in [3.05, 3.63) is 0 Å². The molecule has 1 atom stereocenters. The molecule has 0 aliphatic carbocycles. The van der Waals surface area contributed by atoms with Crippen molar-refractivity contribution in [1.82, 2.24) is 0 Å². The molecular formula is C12H24N2O2S. The standard InChI is InChI=1S/C12H24N2O2S/c1-4-7-8-9(10(13)15)17-12(5-2,6-3)11(14)16/h9H,4-8H2,1-3H3,(H2,13,15)(H2,14,16)/t9-/m1/s1. The summed E-state index contributed by atoms with van der Waals surface area (Å²) >= 11 is 1.34. The summed E-state index contributed by atoms with van der Waals surface area (Å²) in [5.74, 6) is -0.703. The monoisotopic (exact) mass is 260 g/mol. The second kappa shape index (κ2) is 7.58. The summed E-state index contributed by atoms with van der Waals surface area (Å²) in [4.78, 5) is 23.0. The first-order valence-electron chi connectivity index (χ1n) is 6.20. The number of hydrogen-bond acceptors (Lipinski definition) is 3. The lowest BCUT2D eigenvalue weighted by molar-refractivity contribution is -0.120. The molecule has 0 aromatic rings. The molecule has 0 radical (unpaired) electrons. The molecule has 2 amide bonds. The number of rotatable bonds is 9. The van der Waals surface area contributed by atoms with Crippen molar-refractivity contribution in [2.45, 2.75) is 62.9 Å². The fourth-order valence-corrected chi connectivity index (χ4v) is 3.14. The van der Waals surface area contributed by atoms with Gasteiger partial charge in [0.15, 0.2) is 0 Å². The van der Waals surface area contributed by atoms with Crippen molar-refractivity contribution in [3.63, 3.8) is 0 Å². The molecule has 0 fully saturated rings. The number of thioether (sulfide) groups is 1. The van der Waals surface area contributed by atoms with Gasteiger partial charge >= 0.3 is 0 Å². The fourth-order valence-electron chi connectivity index (χ4n) is 1.74. The summed E-state index contributed by atoms with van der Waals surface area (Å²) < 4.78 is -0.659. The molecule has 0 saturated heterocycles. The van der Waals surface area contributed by atoms with Gasteiger partial charge in [-0.15, -0.1) is 11.8 Å². The Morgan fingerprint density at radius 3 is 2.00 bits per heavy atom. The minimum absolute atomic E-state index is 0.317. The van der Waals surface area contributed by atoms with Crippen LogP contribution in [0.4, 0.5) is 0 Å². The van der Waals surface area contributed by atoms with Gasteiger partial charge in [-0.25, -0.2) is 0 Å². The number of carbonyl (C=O) groups excluding carboxylic acids is 2. The summed E-state index contributed by atoms with van der Waals surface area (Å²) in [6.07, 6.45) is 3.90. The Labute approximate surface area is 108 Å². The molecule has 0 unspecified atom stereocenters. The largest absolute Gasteiger partial charge is 0.369 e. The van der Waals surface area contributed by atoms with Crippen molar-refractivity contribution < 1.29 is 9.59 Å². The van der Waals surface area contributed by atoms with E-state index in [9.17, 15) is 9.59 Å². The van der Waals surface area contributed by atoms with Crippen molar-refractivity contribution in [2.24, 2.45) is 11.5 Å². The Balaban J connectivity index is 4.79. The van der Waals surface area contributed by atoms with E-state index >= 15 is 0 Å². The van der Waals surface area contributed by atoms with E-state index in [0.717, 1.165) is 12.8 Å². The molecule has 0 aliphatic heterocycles. The van der Waals surface area contributed by atoms with Gasteiger partial charge in [0.1, 0.15) is 0 Å². The molecule has 0 heterocycles. The predicted molar refractivity (Wildman–Crippen MR) is 72.6 cm³/mol. The molecule has 5 heteroatoms. The SMILES string of the molecule is CCCC[C@@H](SC(CC)(CC)C(N)=O)C(N)=O. The lowest BCUT2D eigenvalue weighted by Gasteiger charge is -2.30. The Hall–Kier alpha value is -0.710. The summed E-state index contributed by atoms with van der Waals surface area (Å²) in [5, 5.41) is -0.317. The summed E-state index contributed by atoms with van der Waals surface area (Å²) in [6.45, 7) is 5.89. The van der Waals surface area contributed by atoms with Gasteiger partial charge in [0.05, 0.1) is 10.00 Å². The minimum atomic E-state index is -0.659.